The van der Waals surface area contributed by atoms with Crippen LogP contribution in [0, 0.1) is 11.3 Å². The second-order valence-electron chi connectivity index (χ2n) is 9.80. The first kappa shape index (κ1) is 26.5. The van der Waals surface area contributed by atoms with E-state index in [2.05, 4.69) is 0 Å². The van der Waals surface area contributed by atoms with Gasteiger partial charge in [0.25, 0.3) is 11.8 Å². The van der Waals surface area contributed by atoms with E-state index in [-0.39, 0.29) is 17.5 Å². The molecular formula is C31H29ClN4O3. The molecule has 0 N–H and O–H groups in total. The number of carbonyl (C=O) groups is 2. The van der Waals surface area contributed by atoms with Crippen LogP contribution in [0.4, 0.5) is 0 Å². The smallest absolute Gasteiger partial charge is 0.271 e. The van der Waals surface area contributed by atoms with Crippen molar-refractivity contribution in [3.8, 4) is 28.8 Å². The summed E-state index contributed by atoms with van der Waals surface area (Å²) in [6.45, 7) is 4.24. The Morgan fingerprint density at radius 1 is 1.13 bits per heavy atom. The van der Waals surface area contributed by atoms with Gasteiger partial charge in [0.15, 0.2) is 0 Å². The number of nitriles is 1. The summed E-state index contributed by atoms with van der Waals surface area (Å²) in [4.78, 5) is 28.2. The molecule has 5 rings (SSSR count). The van der Waals surface area contributed by atoms with Crippen LogP contribution in [0.5, 0.6) is 5.75 Å². The highest BCUT2D eigenvalue weighted by atomic mass is 35.5. The monoisotopic (exact) mass is 540 g/mol. The zero-order valence-corrected chi connectivity index (χ0v) is 22.7. The van der Waals surface area contributed by atoms with Gasteiger partial charge in [-0.1, -0.05) is 49.6 Å². The molecule has 198 valence electrons. The van der Waals surface area contributed by atoms with E-state index in [1.807, 2.05) is 61.7 Å². The highest BCUT2D eigenvalue weighted by molar-refractivity contribution is 6.32. The SMILES string of the molecule is CCCOc1ccc(-c2nn(-c3ccccc3)cc2/C=C2/C(=O)N(C3CCCC3)C(=O)C(C#N)=C2C)cc1Cl. The standard InChI is InChI=1S/C31H29ClN4O3/c1-3-15-39-28-14-13-21(17-27(28)32)29-22(19-35(34-29)23-9-5-4-6-10-23)16-25-20(2)26(18-33)31(38)36(30(25)37)24-11-7-8-12-24/h4-6,9-10,13-14,16-17,19,24H,3,7-8,11-12,15H2,1-2H3/b25-16+. The Hall–Kier alpha value is -4.15. The molecule has 0 radical (unpaired) electrons. The van der Waals surface area contributed by atoms with Crippen molar-refractivity contribution in [1.82, 2.24) is 14.7 Å². The topological polar surface area (TPSA) is 88.2 Å². The molecule has 2 aromatic carbocycles. The van der Waals surface area contributed by atoms with Gasteiger partial charge in [-0.2, -0.15) is 10.4 Å². The van der Waals surface area contributed by atoms with E-state index < -0.39 is 5.91 Å². The summed E-state index contributed by atoms with van der Waals surface area (Å²) >= 11 is 6.56. The number of halogens is 1. The lowest BCUT2D eigenvalue weighted by molar-refractivity contribution is -0.143. The summed E-state index contributed by atoms with van der Waals surface area (Å²) in [5.41, 5.74) is 3.57. The van der Waals surface area contributed by atoms with Gasteiger partial charge in [-0.25, -0.2) is 4.68 Å². The number of amides is 2. The molecule has 1 aliphatic carbocycles. The molecule has 1 saturated carbocycles. The lowest BCUT2D eigenvalue weighted by Gasteiger charge is -2.32. The van der Waals surface area contributed by atoms with Crippen molar-refractivity contribution < 1.29 is 14.3 Å². The molecule has 0 atom stereocenters. The molecular weight excluding hydrogens is 512 g/mol. The third-order valence-electron chi connectivity index (χ3n) is 7.19. The van der Waals surface area contributed by atoms with Crippen molar-refractivity contribution in [2.75, 3.05) is 6.61 Å². The first-order chi connectivity index (χ1) is 18.9. The Bertz CT molecular complexity index is 1520. The Labute approximate surface area is 232 Å². The average molecular weight is 541 g/mol. The molecule has 0 saturated heterocycles. The Morgan fingerprint density at radius 2 is 1.87 bits per heavy atom. The highest BCUT2D eigenvalue weighted by Gasteiger charge is 2.40. The summed E-state index contributed by atoms with van der Waals surface area (Å²) in [6.07, 6.45) is 7.87. The number of hydrogen-bond donors (Lipinski definition) is 0. The van der Waals surface area contributed by atoms with Crippen LogP contribution in [0.2, 0.25) is 5.02 Å². The molecule has 1 aliphatic heterocycles. The Morgan fingerprint density at radius 3 is 2.54 bits per heavy atom. The largest absolute Gasteiger partial charge is 0.492 e. The fourth-order valence-electron chi connectivity index (χ4n) is 5.16. The zero-order chi connectivity index (χ0) is 27.5. The molecule has 7 nitrogen and oxygen atoms in total. The van der Waals surface area contributed by atoms with Crippen molar-refractivity contribution in [1.29, 1.82) is 5.26 Å². The van der Waals surface area contributed by atoms with Crippen LogP contribution in [0.25, 0.3) is 23.0 Å². The fraction of sp³-hybridized carbons (Fsp3) is 0.290. The van der Waals surface area contributed by atoms with Crippen molar-refractivity contribution in [2.24, 2.45) is 0 Å². The third-order valence-corrected chi connectivity index (χ3v) is 7.49. The van der Waals surface area contributed by atoms with Crippen molar-refractivity contribution in [3.05, 3.63) is 82.0 Å². The molecule has 8 heteroatoms. The zero-order valence-electron chi connectivity index (χ0n) is 22.0. The minimum Gasteiger partial charge on any atom is -0.492 e. The minimum absolute atomic E-state index is 0.00483. The predicted molar refractivity (Wildman–Crippen MR) is 150 cm³/mol. The quantitative estimate of drug-likeness (QED) is 0.251. The number of ether oxygens (including phenoxy) is 1. The number of benzene rings is 2. The number of nitrogens with zero attached hydrogens (tertiary/aromatic N) is 4. The van der Waals surface area contributed by atoms with Crippen LogP contribution in [0.1, 0.15) is 51.5 Å². The number of carbonyl (C=O) groups excluding carboxylic acids is 2. The van der Waals surface area contributed by atoms with Crippen LogP contribution >= 0.6 is 11.6 Å². The van der Waals surface area contributed by atoms with Gasteiger partial charge in [0.2, 0.25) is 0 Å². The molecule has 39 heavy (non-hydrogen) atoms. The van der Waals surface area contributed by atoms with Crippen molar-refractivity contribution >= 4 is 29.5 Å². The molecule has 2 aliphatic rings. The van der Waals surface area contributed by atoms with Gasteiger partial charge in [0, 0.05) is 28.9 Å². The number of imide groups is 1. The first-order valence-corrected chi connectivity index (χ1v) is 13.6. The lowest BCUT2D eigenvalue weighted by Crippen LogP contribution is -2.47. The van der Waals surface area contributed by atoms with E-state index in [0.29, 0.717) is 39.8 Å². The van der Waals surface area contributed by atoms with Gasteiger partial charge in [-0.3, -0.25) is 14.5 Å². The van der Waals surface area contributed by atoms with Gasteiger partial charge in [-0.05, 0) is 68.2 Å². The second-order valence-corrected chi connectivity index (χ2v) is 10.2. The van der Waals surface area contributed by atoms with E-state index in [1.165, 1.54) is 4.90 Å². The van der Waals surface area contributed by atoms with Crippen LogP contribution in [0.3, 0.4) is 0 Å². The highest BCUT2D eigenvalue weighted by Crippen LogP contribution is 2.36. The van der Waals surface area contributed by atoms with Gasteiger partial charge in [0.05, 0.1) is 17.3 Å². The Balaban J connectivity index is 1.65. The van der Waals surface area contributed by atoms with Crippen LogP contribution in [-0.4, -0.2) is 39.1 Å². The number of para-hydroxylation sites is 1. The minimum atomic E-state index is -0.501. The van der Waals surface area contributed by atoms with Crippen LogP contribution < -0.4 is 4.74 Å². The summed E-state index contributed by atoms with van der Waals surface area (Å²) in [7, 11) is 0. The molecule has 1 fully saturated rings. The average Bonchev–Trinajstić information content (AvgIpc) is 3.62. The van der Waals surface area contributed by atoms with E-state index >= 15 is 0 Å². The molecule has 0 unspecified atom stereocenters. The van der Waals surface area contributed by atoms with Crippen molar-refractivity contribution in [2.45, 2.75) is 52.0 Å². The van der Waals surface area contributed by atoms with E-state index in [4.69, 9.17) is 21.4 Å². The van der Waals surface area contributed by atoms with Gasteiger partial charge < -0.3 is 4.74 Å². The molecule has 0 bridgehead atoms. The Kier molecular flexibility index (Phi) is 7.67. The molecule has 3 aromatic rings. The maximum absolute atomic E-state index is 13.8. The maximum Gasteiger partial charge on any atom is 0.271 e. The van der Waals surface area contributed by atoms with E-state index in [9.17, 15) is 14.9 Å². The maximum atomic E-state index is 13.8. The molecule has 1 aromatic heterocycles. The first-order valence-electron chi connectivity index (χ1n) is 13.2. The molecule has 2 heterocycles. The molecule has 0 spiro atoms. The lowest BCUT2D eigenvalue weighted by atomic mass is 9.92. The summed E-state index contributed by atoms with van der Waals surface area (Å²) < 4.78 is 7.48. The van der Waals surface area contributed by atoms with E-state index in [1.54, 1.807) is 23.7 Å². The van der Waals surface area contributed by atoms with E-state index in [0.717, 1.165) is 43.4 Å². The third kappa shape index (κ3) is 5.13. The summed E-state index contributed by atoms with van der Waals surface area (Å²) in [5.74, 6) is -0.280. The van der Waals surface area contributed by atoms with Gasteiger partial charge >= 0.3 is 0 Å². The van der Waals surface area contributed by atoms with Crippen molar-refractivity contribution in [3.63, 3.8) is 0 Å². The summed E-state index contributed by atoms with van der Waals surface area (Å²) in [6, 6.07) is 17.0. The number of rotatable bonds is 7. The van der Waals surface area contributed by atoms with Crippen LogP contribution in [0.15, 0.2) is 71.4 Å². The van der Waals surface area contributed by atoms with Crippen LogP contribution in [-0.2, 0) is 9.59 Å². The number of hydrogen-bond acceptors (Lipinski definition) is 5. The number of aromatic nitrogens is 2. The summed E-state index contributed by atoms with van der Waals surface area (Å²) in [5, 5.41) is 15.1. The predicted octanol–water partition coefficient (Wildman–Crippen LogP) is 6.52. The van der Waals surface area contributed by atoms with Gasteiger partial charge in [0.1, 0.15) is 23.1 Å². The second kappa shape index (κ2) is 11.3. The normalized spacial score (nSPS) is 17.3. The van der Waals surface area contributed by atoms with Gasteiger partial charge in [-0.15, -0.1) is 0 Å². The fourth-order valence-corrected chi connectivity index (χ4v) is 5.39. The molecule has 2 amide bonds.